The van der Waals surface area contributed by atoms with Crippen LogP contribution in [0.15, 0.2) is 60.8 Å². The van der Waals surface area contributed by atoms with E-state index in [-0.39, 0.29) is 0 Å². The number of hydrogen-bond acceptors (Lipinski definition) is 2. The van der Waals surface area contributed by atoms with Gasteiger partial charge in [0.2, 0.25) is 0 Å². The number of primary amides is 1. The summed E-state index contributed by atoms with van der Waals surface area (Å²) in [6, 6.07) is 9.47. The molecule has 19 heavy (non-hydrogen) atoms. The third-order valence-corrected chi connectivity index (χ3v) is 3.02. The number of carbonyl (C=O) groups excluding carboxylic acids is 1. The molecule has 2 aromatic heterocycles. The van der Waals surface area contributed by atoms with Crippen LogP contribution in [0.1, 0.15) is 16.2 Å². The fourth-order valence-corrected chi connectivity index (χ4v) is 2.18. The third kappa shape index (κ3) is 1.93. The highest BCUT2D eigenvalue weighted by atomic mass is 16.1. The summed E-state index contributed by atoms with van der Waals surface area (Å²) in [5.74, 6) is -0.437. The second kappa shape index (κ2) is 4.49. The van der Waals surface area contributed by atoms with Crippen LogP contribution in [0, 0.1) is 0 Å². The molecule has 0 atom stereocenters. The SMILES string of the molecule is NC(=O)c1ccc2cccc(C3=CC=CC=CN3)n12. The molecule has 0 unspecified atom stereocenters. The zero-order chi connectivity index (χ0) is 13.2. The number of pyridine rings is 1. The van der Waals surface area contributed by atoms with Gasteiger partial charge in [-0.2, -0.15) is 0 Å². The van der Waals surface area contributed by atoms with Crippen LogP contribution >= 0.6 is 0 Å². The molecule has 0 bridgehead atoms. The van der Waals surface area contributed by atoms with Gasteiger partial charge in [0.05, 0.1) is 11.4 Å². The van der Waals surface area contributed by atoms with Gasteiger partial charge in [-0.15, -0.1) is 0 Å². The normalized spacial score (nSPS) is 14.0. The van der Waals surface area contributed by atoms with Crippen molar-refractivity contribution in [3.05, 3.63) is 72.2 Å². The minimum atomic E-state index is -0.437. The maximum absolute atomic E-state index is 11.5. The summed E-state index contributed by atoms with van der Waals surface area (Å²) in [6.45, 7) is 0. The molecule has 0 saturated heterocycles. The van der Waals surface area contributed by atoms with Crippen LogP contribution in [0.2, 0.25) is 0 Å². The largest absolute Gasteiger partial charge is 0.364 e. The van der Waals surface area contributed by atoms with Crippen LogP contribution < -0.4 is 11.1 Å². The monoisotopic (exact) mass is 251 g/mol. The minimum absolute atomic E-state index is 0.437. The Kier molecular flexibility index (Phi) is 2.68. The molecule has 2 aromatic rings. The molecule has 0 aliphatic carbocycles. The number of allylic oxidation sites excluding steroid dienone is 4. The van der Waals surface area contributed by atoms with Crippen LogP contribution in [0.25, 0.3) is 11.2 Å². The van der Waals surface area contributed by atoms with Crippen LogP contribution in [-0.2, 0) is 0 Å². The predicted molar refractivity (Wildman–Crippen MR) is 75.3 cm³/mol. The molecular weight excluding hydrogens is 238 g/mol. The molecule has 0 saturated carbocycles. The number of carbonyl (C=O) groups is 1. The molecule has 4 heteroatoms. The van der Waals surface area contributed by atoms with Crippen LogP contribution in [-0.4, -0.2) is 10.3 Å². The van der Waals surface area contributed by atoms with Crippen LogP contribution in [0.5, 0.6) is 0 Å². The molecule has 0 radical (unpaired) electrons. The fourth-order valence-electron chi connectivity index (χ4n) is 2.18. The molecule has 3 heterocycles. The number of fused-ring (bicyclic) bond motifs is 1. The Labute approximate surface area is 110 Å². The first kappa shape index (κ1) is 11.3. The Hall–Kier alpha value is -2.75. The van der Waals surface area contributed by atoms with Gasteiger partial charge in [0.15, 0.2) is 0 Å². The van der Waals surface area contributed by atoms with Crippen molar-refractivity contribution in [2.45, 2.75) is 0 Å². The Morgan fingerprint density at radius 1 is 1.11 bits per heavy atom. The van der Waals surface area contributed by atoms with Crippen molar-refractivity contribution in [3.63, 3.8) is 0 Å². The number of rotatable bonds is 2. The molecule has 3 N–H and O–H groups in total. The Bertz CT molecular complexity index is 735. The van der Waals surface area contributed by atoms with Crippen molar-refractivity contribution in [3.8, 4) is 0 Å². The molecule has 0 fully saturated rings. The van der Waals surface area contributed by atoms with Crippen molar-refractivity contribution in [1.82, 2.24) is 9.72 Å². The summed E-state index contributed by atoms with van der Waals surface area (Å²) >= 11 is 0. The van der Waals surface area contributed by atoms with Gasteiger partial charge in [0, 0.05) is 11.7 Å². The lowest BCUT2D eigenvalue weighted by Gasteiger charge is -2.11. The molecule has 0 spiro atoms. The maximum Gasteiger partial charge on any atom is 0.265 e. The first-order valence-corrected chi connectivity index (χ1v) is 5.98. The van der Waals surface area contributed by atoms with Crippen molar-refractivity contribution in [2.24, 2.45) is 5.73 Å². The van der Waals surface area contributed by atoms with Crippen molar-refractivity contribution >= 4 is 17.1 Å². The standard InChI is InChI=1S/C15H13N3O/c16-15(19)14-9-8-11-5-4-7-13(18(11)14)12-6-2-1-3-10-17-12/h1-10,17H,(H2,16,19). The van der Waals surface area contributed by atoms with E-state index in [4.69, 9.17) is 5.73 Å². The third-order valence-electron chi connectivity index (χ3n) is 3.02. The van der Waals surface area contributed by atoms with Crippen molar-refractivity contribution < 1.29 is 4.79 Å². The van der Waals surface area contributed by atoms with E-state index in [1.165, 1.54) is 0 Å². The zero-order valence-corrected chi connectivity index (χ0v) is 10.2. The summed E-state index contributed by atoms with van der Waals surface area (Å²) in [5, 5.41) is 3.19. The average molecular weight is 251 g/mol. The minimum Gasteiger partial charge on any atom is -0.364 e. The van der Waals surface area contributed by atoms with E-state index < -0.39 is 5.91 Å². The topological polar surface area (TPSA) is 59.5 Å². The maximum atomic E-state index is 11.5. The lowest BCUT2D eigenvalue weighted by molar-refractivity contribution is 0.0995. The number of aromatic nitrogens is 1. The smallest absolute Gasteiger partial charge is 0.265 e. The summed E-state index contributed by atoms with van der Waals surface area (Å²) in [4.78, 5) is 11.5. The average Bonchev–Trinajstić information content (AvgIpc) is 2.66. The molecule has 4 nitrogen and oxygen atoms in total. The highest BCUT2D eigenvalue weighted by molar-refractivity contribution is 5.93. The highest BCUT2D eigenvalue weighted by Gasteiger charge is 2.12. The predicted octanol–water partition coefficient (Wildman–Crippen LogP) is 2.05. The molecule has 1 aliphatic heterocycles. The summed E-state index contributed by atoms with van der Waals surface area (Å²) < 4.78 is 1.86. The van der Waals surface area contributed by atoms with Crippen molar-refractivity contribution in [2.75, 3.05) is 0 Å². The number of amides is 1. The fraction of sp³-hybridized carbons (Fsp3) is 0. The molecule has 1 aliphatic rings. The molecule has 3 rings (SSSR count). The van der Waals surface area contributed by atoms with Crippen LogP contribution in [0.4, 0.5) is 0 Å². The second-order valence-corrected chi connectivity index (χ2v) is 4.22. The van der Waals surface area contributed by atoms with Gasteiger partial charge in [-0.25, -0.2) is 0 Å². The van der Waals surface area contributed by atoms with Gasteiger partial charge >= 0.3 is 0 Å². The quantitative estimate of drug-likeness (QED) is 0.858. The second-order valence-electron chi connectivity index (χ2n) is 4.22. The Morgan fingerprint density at radius 3 is 2.84 bits per heavy atom. The van der Waals surface area contributed by atoms with E-state index in [2.05, 4.69) is 5.32 Å². The van der Waals surface area contributed by atoms with Gasteiger partial charge in [0.1, 0.15) is 5.69 Å². The van der Waals surface area contributed by atoms with Gasteiger partial charge in [-0.05, 0) is 36.4 Å². The zero-order valence-electron chi connectivity index (χ0n) is 10.2. The summed E-state index contributed by atoms with van der Waals surface area (Å²) in [7, 11) is 0. The molecule has 0 aromatic carbocycles. The van der Waals surface area contributed by atoms with Gasteiger partial charge < -0.3 is 15.5 Å². The lowest BCUT2D eigenvalue weighted by atomic mass is 10.2. The summed E-state index contributed by atoms with van der Waals surface area (Å²) in [6.07, 6.45) is 9.60. The lowest BCUT2D eigenvalue weighted by Crippen LogP contribution is -2.16. The van der Waals surface area contributed by atoms with Gasteiger partial charge in [-0.3, -0.25) is 4.79 Å². The molecular formula is C15H13N3O. The number of nitrogens with two attached hydrogens (primary N) is 1. The van der Waals surface area contributed by atoms with E-state index >= 15 is 0 Å². The van der Waals surface area contributed by atoms with Gasteiger partial charge in [0.25, 0.3) is 5.91 Å². The van der Waals surface area contributed by atoms with Crippen molar-refractivity contribution in [1.29, 1.82) is 0 Å². The van der Waals surface area contributed by atoms with E-state index in [1.807, 2.05) is 59.2 Å². The number of hydrogen-bond donors (Lipinski definition) is 2. The highest BCUT2D eigenvalue weighted by Crippen LogP contribution is 2.19. The molecule has 1 amide bonds. The first-order valence-electron chi connectivity index (χ1n) is 5.98. The van der Waals surface area contributed by atoms with Crippen LogP contribution in [0.3, 0.4) is 0 Å². The summed E-state index contributed by atoms with van der Waals surface area (Å²) in [5.41, 5.74) is 8.65. The van der Waals surface area contributed by atoms with Gasteiger partial charge in [-0.1, -0.05) is 18.2 Å². The Balaban J connectivity index is 2.26. The van der Waals surface area contributed by atoms with E-state index in [0.29, 0.717) is 5.69 Å². The Morgan fingerprint density at radius 2 is 2.00 bits per heavy atom. The first-order chi connectivity index (χ1) is 9.27. The van der Waals surface area contributed by atoms with E-state index in [9.17, 15) is 4.79 Å². The van der Waals surface area contributed by atoms with E-state index in [0.717, 1.165) is 16.9 Å². The molecule has 94 valence electrons. The number of nitrogens with zero attached hydrogens (tertiary/aromatic N) is 1. The van der Waals surface area contributed by atoms with E-state index in [1.54, 1.807) is 6.07 Å². The number of nitrogens with one attached hydrogen (secondary N) is 1.